The standard InChI is InChI=1S/C12H18ClFN2/c1-12(2,15-16(3)4)8-9-5-6-10(13)11(14)7-9/h5-7,15H,8H2,1-4H3. The van der Waals surface area contributed by atoms with Crippen molar-refractivity contribution < 1.29 is 4.39 Å². The highest BCUT2D eigenvalue weighted by atomic mass is 35.5. The summed E-state index contributed by atoms with van der Waals surface area (Å²) in [5.41, 5.74) is 4.09. The summed E-state index contributed by atoms with van der Waals surface area (Å²) >= 11 is 5.64. The summed E-state index contributed by atoms with van der Waals surface area (Å²) in [5.74, 6) is -0.361. The number of rotatable bonds is 4. The van der Waals surface area contributed by atoms with Gasteiger partial charge in [-0.25, -0.2) is 9.82 Å². The Morgan fingerprint density at radius 1 is 1.38 bits per heavy atom. The monoisotopic (exact) mass is 244 g/mol. The quantitative estimate of drug-likeness (QED) is 0.820. The molecule has 0 fully saturated rings. The van der Waals surface area contributed by atoms with E-state index in [0.717, 1.165) is 12.0 Å². The van der Waals surface area contributed by atoms with Crippen LogP contribution in [0.1, 0.15) is 19.4 Å². The van der Waals surface area contributed by atoms with Gasteiger partial charge in [-0.2, -0.15) is 0 Å². The molecule has 0 amide bonds. The maximum atomic E-state index is 13.3. The van der Waals surface area contributed by atoms with Gasteiger partial charge in [0.25, 0.3) is 0 Å². The number of nitrogens with one attached hydrogen (secondary N) is 1. The SMILES string of the molecule is CN(C)NC(C)(C)Cc1ccc(Cl)c(F)c1. The van der Waals surface area contributed by atoms with Gasteiger partial charge in [0.1, 0.15) is 5.82 Å². The van der Waals surface area contributed by atoms with Gasteiger partial charge in [0, 0.05) is 19.6 Å². The summed E-state index contributed by atoms with van der Waals surface area (Å²) < 4.78 is 13.3. The lowest BCUT2D eigenvalue weighted by Gasteiger charge is -2.30. The number of hydrazine groups is 1. The second-order valence-electron chi connectivity index (χ2n) is 4.82. The summed E-state index contributed by atoms with van der Waals surface area (Å²) in [4.78, 5) is 0. The van der Waals surface area contributed by atoms with Crippen molar-refractivity contribution in [2.75, 3.05) is 14.1 Å². The summed E-state index contributed by atoms with van der Waals surface area (Å²) in [6.45, 7) is 4.14. The van der Waals surface area contributed by atoms with Crippen molar-refractivity contribution in [2.45, 2.75) is 25.8 Å². The average Bonchev–Trinajstić information content (AvgIpc) is 2.08. The van der Waals surface area contributed by atoms with Gasteiger partial charge in [0.2, 0.25) is 0 Å². The van der Waals surface area contributed by atoms with E-state index >= 15 is 0 Å². The first-order valence-electron chi connectivity index (χ1n) is 5.19. The van der Waals surface area contributed by atoms with E-state index in [1.807, 2.05) is 25.2 Å². The lowest BCUT2D eigenvalue weighted by molar-refractivity contribution is 0.184. The minimum atomic E-state index is -0.361. The summed E-state index contributed by atoms with van der Waals surface area (Å²) in [7, 11) is 3.87. The zero-order valence-electron chi connectivity index (χ0n) is 10.1. The molecule has 0 radical (unpaired) electrons. The molecule has 1 aromatic carbocycles. The molecule has 0 bridgehead atoms. The molecule has 0 aromatic heterocycles. The smallest absolute Gasteiger partial charge is 0.142 e. The van der Waals surface area contributed by atoms with Crippen LogP contribution in [-0.2, 0) is 6.42 Å². The minimum absolute atomic E-state index is 0.121. The topological polar surface area (TPSA) is 15.3 Å². The summed E-state index contributed by atoms with van der Waals surface area (Å²) in [6.07, 6.45) is 0.735. The highest BCUT2D eigenvalue weighted by molar-refractivity contribution is 6.30. The Morgan fingerprint density at radius 3 is 2.50 bits per heavy atom. The van der Waals surface area contributed by atoms with Gasteiger partial charge in [-0.05, 0) is 38.0 Å². The van der Waals surface area contributed by atoms with Crippen LogP contribution in [0.4, 0.5) is 4.39 Å². The maximum Gasteiger partial charge on any atom is 0.142 e. The van der Waals surface area contributed by atoms with E-state index in [-0.39, 0.29) is 16.4 Å². The molecular weight excluding hydrogens is 227 g/mol. The Bertz CT molecular complexity index is 364. The maximum absolute atomic E-state index is 13.3. The lowest BCUT2D eigenvalue weighted by Crippen LogP contribution is -2.48. The molecule has 1 aromatic rings. The number of hydrogen-bond donors (Lipinski definition) is 1. The molecule has 0 atom stereocenters. The van der Waals surface area contributed by atoms with Gasteiger partial charge >= 0.3 is 0 Å². The molecule has 16 heavy (non-hydrogen) atoms. The zero-order chi connectivity index (χ0) is 12.3. The molecule has 0 aliphatic rings. The first-order chi connectivity index (χ1) is 7.30. The van der Waals surface area contributed by atoms with E-state index in [1.54, 1.807) is 6.07 Å². The fourth-order valence-electron chi connectivity index (χ4n) is 1.80. The van der Waals surface area contributed by atoms with Crippen molar-refractivity contribution in [1.82, 2.24) is 10.4 Å². The fraction of sp³-hybridized carbons (Fsp3) is 0.500. The van der Waals surface area contributed by atoms with E-state index in [1.165, 1.54) is 6.07 Å². The number of benzene rings is 1. The van der Waals surface area contributed by atoms with E-state index in [2.05, 4.69) is 19.3 Å². The van der Waals surface area contributed by atoms with Crippen molar-refractivity contribution in [2.24, 2.45) is 0 Å². The van der Waals surface area contributed by atoms with Crippen LogP contribution in [0.15, 0.2) is 18.2 Å². The minimum Gasteiger partial charge on any atom is -0.250 e. The molecule has 0 saturated heterocycles. The van der Waals surface area contributed by atoms with Crippen LogP contribution in [0.3, 0.4) is 0 Å². The molecule has 0 saturated carbocycles. The molecular formula is C12H18ClFN2. The van der Waals surface area contributed by atoms with E-state index in [9.17, 15) is 4.39 Å². The summed E-state index contributed by atoms with van der Waals surface area (Å²) in [6, 6.07) is 4.93. The molecule has 1 rings (SSSR count). The van der Waals surface area contributed by atoms with Crippen LogP contribution < -0.4 is 5.43 Å². The van der Waals surface area contributed by atoms with E-state index in [4.69, 9.17) is 11.6 Å². The molecule has 2 nitrogen and oxygen atoms in total. The Kier molecular flexibility index (Phi) is 4.30. The van der Waals surface area contributed by atoms with E-state index in [0.29, 0.717) is 0 Å². The molecule has 0 aliphatic heterocycles. The zero-order valence-corrected chi connectivity index (χ0v) is 10.9. The Labute approximate surface area is 101 Å². The first kappa shape index (κ1) is 13.4. The third-order valence-corrected chi connectivity index (χ3v) is 2.46. The predicted molar refractivity (Wildman–Crippen MR) is 66.0 cm³/mol. The number of halogens is 2. The largest absolute Gasteiger partial charge is 0.250 e. The van der Waals surface area contributed by atoms with Crippen molar-refractivity contribution in [3.05, 3.63) is 34.6 Å². The second-order valence-corrected chi connectivity index (χ2v) is 5.22. The highest BCUT2D eigenvalue weighted by Crippen LogP contribution is 2.19. The third-order valence-electron chi connectivity index (χ3n) is 2.16. The number of nitrogens with zero attached hydrogens (tertiary/aromatic N) is 1. The summed E-state index contributed by atoms with van der Waals surface area (Å²) in [5, 5.41) is 2.06. The molecule has 1 N–H and O–H groups in total. The second kappa shape index (κ2) is 5.13. The Morgan fingerprint density at radius 2 is 2.00 bits per heavy atom. The van der Waals surface area contributed by atoms with E-state index < -0.39 is 0 Å². The van der Waals surface area contributed by atoms with Crippen LogP contribution in [0.5, 0.6) is 0 Å². The van der Waals surface area contributed by atoms with Gasteiger partial charge in [0.05, 0.1) is 5.02 Å². The van der Waals surface area contributed by atoms with Gasteiger partial charge in [-0.1, -0.05) is 17.7 Å². The molecule has 0 unspecified atom stereocenters. The molecule has 0 spiro atoms. The molecule has 90 valence electrons. The lowest BCUT2D eigenvalue weighted by atomic mass is 9.96. The van der Waals surface area contributed by atoms with Crippen LogP contribution in [-0.4, -0.2) is 24.6 Å². The van der Waals surface area contributed by atoms with Crippen LogP contribution >= 0.6 is 11.6 Å². The highest BCUT2D eigenvalue weighted by Gasteiger charge is 2.19. The van der Waals surface area contributed by atoms with Crippen LogP contribution in [0, 0.1) is 5.82 Å². The van der Waals surface area contributed by atoms with Gasteiger partial charge in [0.15, 0.2) is 0 Å². The normalized spacial score (nSPS) is 12.2. The van der Waals surface area contributed by atoms with Crippen molar-refractivity contribution in [3.63, 3.8) is 0 Å². The van der Waals surface area contributed by atoms with Crippen molar-refractivity contribution in [3.8, 4) is 0 Å². The van der Waals surface area contributed by atoms with Gasteiger partial charge in [-0.3, -0.25) is 5.01 Å². The molecule has 0 aliphatic carbocycles. The van der Waals surface area contributed by atoms with Crippen LogP contribution in [0.2, 0.25) is 5.02 Å². The molecule has 4 heteroatoms. The van der Waals surface area contributed by atoms with Crippen molar-refractivity contribution >= 4 is 11.6 Å². The first-order valence-corrected chi connectivity index (χ1v) is 5.57. The van der Waals surface area contributed by atoms with Crippen molar-refractivity contribution in [1.29, 1.82) is 0 Å². The number of hydrogen-bond acceptors (Lipinski definition) is 2. The average molecular weight is 245 g/mol. The Hall–Kier alpha value is -0.640. The third kappa shape index (κ3) is 4.08. The molecule has 0 heterocycles. The predicted octanol–water partition coefficient (Wildman–Crippen LogP) is 2.87. The fourth-order valence-corrected chi connectivity index (χ4v) is 1.92. The Balaban J connectivity index is 2.76. The van der Waals surface area contributed by atoms with Gasteiger partial charge in [-0.15, -0.1) is 0 Å². The van der Waals surface area contributed by atoms with Crippen LogP contribution in [0.25, 0.3) is 0 Å². The van der Waals surface area contributed by atoms with Gasteiger partial charge < -0.3 is 0 Å².